The Morgan fingerprint density at radius 1 is 1.40 bits per heavy atom. The summed E-state index contributed by atoms with van der Waals surface area (Å²) >= 11 is 0. The van der Waals surface area contributed by atoms with Gasteiger partial charge in [-0.1, -0.05) is 13.8 Å². The summed E-state index contributed by atoms with van der Waals surface area (Å²) in [5, 5.41) is 3.60. The molecule has 15 heavy (non-hydrogen) atoms. The average molecular weight is 212 g/mol. The molecule has 2 heteroatoms. The molecule has 0 aromatic heterocycles. The van der Waals surface area contributed by atoms with Gasteiger partial charge in [-0.15, -0.1) is 0 Å². The van der Waals surface area contributed by atoms with Gasteiger partial charge in [-0.05, 0) is 52.1 Å². The van der Waals surface area contributed by atoms with Gasteiger partial charge in [0, 0.05) is 18.6 Å². The van der Waals surface area contributed by atoms with Gasteiger partial charge in [0.1, 0.15) is 0 Å². The second-order valence-electron chi connectivity index (χ2n) is 5.23. The van der Waals surface area contributed by atoms with Crippen LogP contribution in [0.4, 0.5) is 0 Å². The molecule has 1 N–H and O–H groups in total. The van der Waals surface area contributed by atoms with Gasteiger partial charge in [0.2, 0.25) is 0 Å². The Balaban J connectivity index is 2.33. The first-order chi connectivity index (χ1) is 7.15. The van der Waals surface area contributed by atoms with Crippen LogP contribution in [0.15, 0.2) is 0 Å². The topological polar surface area (TPSA) is 15.3 Å². The maximum Gasteiger partial charge on any atom is 0.0218 e. The van der Waals surface area contributed by atoms with E-state index in [0.717, 1.165) is 12.5 Å². The van der Waals surface area contributed by atoms with E-state index in [1.165, 1.54) is 32.4 Å². The summed E-state index contributed by atoms with van der Waals surface area (Å²) in [5.74, 6) is 0.888. The predicted molar refractivity (Wildman–Crippen MR) is 67.2 cm³/mol. The van der Waals surface area contributed by atoms with Crippen LogP contribution >= 0.6 is 0 Å². The third-order valence-electron chi connectivity index (χ3n) is 3.70. The number of hydrogen-bond acceptors (Lipinski definition) is 2. The van der Waals surface area contributed by atoms with E-state index < -0.39 is 0 Å². The van der Waals surface area contributed by atoms with Crippen molar-refractivity contribution in [1.29, 1.82) is 0 Å². The Labute approximate surface area is 95.4 Å². The molecular formula is C13H28N2. The third kappa shape index (κ3) is 4.12. The molecule has 1 aliphatic rings. The zero-order valence-electron chi connectivity index (χ0n) is 10.9. The van der Waals surface area contributed by atoms with Gasteiger partial charge in [-0.25, -0.2) is 0 Å². The van der Waals surface area contributed by atoms with Gasteiger partial charge >= 0.3 is 0 Å². The molecule has 0 aliphatic carbocycles. The molecule has 2 nitrogen and oxygen atoms in total. The molecule has 0 aromatic rings. The van der Waals surface area contributed by atoms with Crippen molar-refractivity contribution in [3.8, 4) is 0 Å². The maximum atomic E-state index is 3.60. The minimum atomic E-state index is 0.621. The van der Waals surface area contributed by atoms with Crippen molar-refractivity contribution in [2.45, 2.75) is 59.0 Å². The van der Waals surface area contributed by atoms with Gasteiger partial charge in [0.05, 0.1) is 0 Å². The van der Waals surface area contributed by atoms with Crippen molar-refractivity contribution >= 4 is 0 Å². The summed E-state index contributed by atoms with van der Waals surface area (Å²) in [7, 11) is 0. The van der Waals surface area contributed by atoms with Crippen LogP contribution in [-0.2, 0) is 0 Å². The van der Waals surface area contributed by atoms with Crippen LogP contribution < -0.4 is 5.32 Å². The molecule has 0 bridgehead atoms. The average Bonchev–Trinajstić information content (AvgIpc) is 2.24. The lowest BCUT2D eigenvalue weighted by Gasteiger charge is -2.38. The highest BCUT2D eigenvalue weighted by atomic mass is 15.2. The molecule has 0 spiro atoms. The van der Waals surface area contributed by atoms with E-state index in [0.29, 0.717) is 12.1 Å². The van der Waals surface area contributed by atoms with Crippen molar-refractivity contribution in [3.63, 3.8) is 0 Å². The molecule has 3 unspecified atom stereocenters. The molecule has 0 saturated carbocycles. The first kappa shape index (κ1) is 13.0. The Kier molecular flexibility index (Phi) is 5.62. The first-order valence-electron chi connectivity index (χ1n) is 6.62. The largest absolute Gasteiger partial charge is 0.313 e. The SMILES string of the molecule is CCCNC(C)C(C)N1CCCC(C)C1. The molecule has 0 amide bonds. The quantitative estimate of drug-likeness (QED) is 0.753. The number of rotatable bonds is 5. The molecule has 90 valence electrons. The Bertz CT molecular complexity index is 170. The lowest BCUT2D eigenvalue weighted by molar-refractivity contribution is 0.117. The van der Waals surface area contributed by atoms with E-state index >= 15 is 0 Å². The van der Waals surface area contributed by atoms with E-state index in [1.807, 2.05) is 0 Å². The highest BCUT2D eigenvalue weighted by Crippen LogP contribution is 2.18. The van der Waals surface area contributed by atoms with Crippen LogP contribution in [0.3, 0.4) is 0 Å². The summed E-state index contributed by atoms with van der Waals surface area (Å²) in [6.45, 7) is 13.0. The number of likely N-dealkylation sites (tertiary alicyclic amines) is 1. The van der Waals surface area contributed by atoms with E-state index in [9.17, 15) is 0 Å². The lowest BCUT2D eigenvalue weighted by Crippen LogP contribution is -2.50. The van der Waals surface area contributed by atoms with Gasteiger partial charge < -0.3 is 5.32 Å². The van der Waals surface area contributed by atoms with Gasteiger partial charge in [-0.2, -0.15) is 0 Å². The minimum absolute atomic E-state index is 0.621. The summed E-state index contributed by atoms with van der Waals surface area (Å²) < 4.78 is 0. The molecule has 1 saturated heterocycles. The highest BCUT2D eigenvalue weighted by Gasteiger charge is 2.23. The summed E-state index contributed by atoms with van der Waals surface area (Å²) in [6, 6.07) is 1.30. The summed E-state index contributed by atoms with van der Waals surface area (Å²) in [5.41, 5.74) is 0. The molecule has 1 heterocycles. The number of nitrogens with zero attached hydrogens (tertiary/aromatic N) is 1. The monoisotopic (exact) mass is 212 g/mol. The molecule has 1 aliphatic heterocycles. The zero-order valence-corrected chi connectivity index (χ0v) is 10.9. The van der Waals surface area contributed by atoms with E-state index in [4.69, 9.17) is 0 Å². The molecular weight excluding hydrogens is 184 g/mol. The van der Waals surface area contributed by atoms with Gasteiger partial charge in [0.25, 0.3) is 0 Å². The second kappa shape index (κ2) is 6.49. The number of piperidine rings is 1. The smallest absolute Gasteiger partial charge is 0.0218 e. The zero-order chi connectivity index (χ0) is 11.3. The molecule has 0 aromatic carbocycles. The Morgan fingerprint density at radius 3 is 2.73 bits per heavy atom. The van der Waals surface area contributed by atoms with Crippen LogP contribution in [0.1, 0.15) is 47.0 Å². The van der Waals surface area contributed by atoms with Crippen molar-refractivity contribution < 1.29 is 0 Å². The van der Waals surface area contributed by atoms with Crippen LogP contribution in [0.2, 0.25) is 0 Å². The van der Waals surface area contributed by atoms with Crippen LogP contribution in [0, 0.1) is 5.92 Å². The lowest BCUT2D eigenvalue weighted by atomic mass is 9.97. The van der Waals surface area contributed by atoms with Gasteiger partial charge in [0.15, 0.2) is 0 Å². The minimum Gasteiger partial charge on any atom is -0.313 e. The van der Waals surface area contributed by atoms with Crippen molar-refractivity contribution in [1.82, 2.24) is 10.2 Å². The molecule has 1 rings (SSSR count). The van der Waals surface area contributed by atoms with Crippen molar-refractivity contribution in [2.75, 3.05) is 19.6 Å². The third-order valence-corrected chi connectivity index (χ3v) is 3.70. The van der Waals surface area contributed by atoms with Crippen molar-refractivity contribution in [2.24, 2.45) is 5.92 Å². The summed E-state index contributed by atoms with van der Waals surface area (Å²) in [4.78, 5) is 2.65. The van der Waals surface area contributed by atoms with Gasteiger partial charge in [-0.3, -0.25) is 4.90 Å². The maximum absolute atomic E-state index is 3.60. The van der Waals surface area contributed by atoms with E-state index in [-0.39, 0.29) is 0 Å². The highest BCUT2D eigenvalue weighted by molar-refractivity contribution is 4.81. The molecule has 3 atom stereocenters. The first-order valence-corrected chi connectivity index (χ1v) is 6.62. The van der Waals surface area contributed by atoms with Crippen LogP contribution in [0.5, 0.6) is 0 Å². The fraction of sp³-hybridized carbons (Fsp3) is 1.00. The fourth-order valence-corrected chi connectivity index (χ4v) is 2.45. The van der Waals surface area contributed by atoms with E-state index in [2.05, 4.69) is 37.9 Å². The normalized spacial score (nSPS) is 27.6. The standard InChI is InChI=1S/C13H28N2/c1-5-8-14-12(3)13(4)15-9-6-7-11(2)10-15/h11-14H,5-10H2,1-4H3. The molecule has 0 radical (unpaired) electrons. The second-order valence-corrected chi connectivity index (χ2v) is 5.23. The number of hydrogen-bond donors (Lipinski definition) is 1. The Morgan fingerprint density at radius 2 is 2.13 bits per heavy atom. The van der Waals surface area contributed by atoms with E-state index in [1.54, 1.807) is 0 Å². The number of nitrogens with one attached hydrogen (secondary N) is 1. The van der Waals surface area contributed by atoms with Crippen LogP contribution in [-0.4, -0.2) is 36.6 Å². The molecule has 1 fully saturated rings. The van der Waals surface area contributed by atoms with Crippen molar-refractivity contribution in [3.05, 3.63) is 0 Å². The predicted octanol–water partition coefficient (Wildman–Crippen LogP) is 2.49. The Hall–Kier alpha value is -0.0800. The summed E-state index contributed by atoms with van der Waals surface area (Å²) in [6.07, 6.45) is 4.03. The fourth-order valence-electron chi connectivity index (χ4n) is 2.45. The van der Waals surface area contributed by atoms with Crippen LogP contribution in [0.25, 0.3) is 0 Å².